The van der Waals surface area contributed by atoms with Crippen molar-refractivity contribution < 1.29 is 19.1 Å². The highest BCUT2D eigenvalue weighted by Gasteiger charge is 2.32. The largest absolute Gasteiger partial charge is 0.497 e. The van der Waals surface area contributed by atoms with Crippen LogP contribution >= 0.6 is 0 Å². The SMILES string of the molecule is COc1cc(OC)cc([C@H](NC(=O)[C@@H](c2ccc(C)c(C)c2)n2nnc3ccccc32)C(=O)NC2CCCC2)c1. The zero-order valence-corrected chi connectivity index (χ0v) is 23.3. The third-order valence-electron chi connectivity index (χ3n) is 7.67. The molecule has 1 aromatic heterocycles. The van der Waals surface area contributed by atoms with Crippen LogP contribution in [-0.4, -0.2) is 47.1 Å². The van der Waals surface area contributed by atoms with Gasteiger partial charge in [0.1, 0.15) is 23.1 Å². The maximum absolute atomic E-state index is 14.3. The van der Waals surface area contributed by atoms with Gasteiger partial charge in [-0.15, -0.1) is 5.10 Å². The molecule has 2 N–H and O–H groups in total. The number of hydrogen-bond donors (Lipinski definition) is 2. The van der Waals surface area contributed by atoms with Crippen LogP contribution in [0.2, 0.25) is 0 Å². The first kappa shape index (κ1) is 27.2. The van der Waals surface area contributed by atoms with Gasteiger partial charge in [0.2, 0.25) is 11.8 Å². The number of nitrogens with zero attached hydrogens (tertiary/aromatic N) is 3. The first-order chi connectivity index (χ1) is 19.4. The van der Waals surface area contributed by atoms with Crippen LogP contribution < -0.4 is 20.1 Å². The molecule has 0 aliphatic heterocycles. The van der Waals surface area contributed by atoms with Gasteiger partial charge in [0.05, 0.1) is 19.7 Å². The van der Waals surface area contributed by atoms with Crippen molar-refractivity contribution in [1.82, 2.24) is 25.6 Å². The summed E-state index contributed by atoms with van der Waals surface area (Å²) in [5.41, 5.74) is 4.86. The molecule has 1 fully saturated rings. The second-order valence-electron chi connectivity index (χ2n) is 10.3. The number of aromatic nitrogens is 3. The van der Waals surface area contributed by atoms with E-state index in [0.29, 0.717) is 22.6 Å². The average molecular weight is 542 g/mol. The standard InChI is InChI=1S/C31H35N5O4/c1-19-13-14-21(15-20(19)2)29(36-27-12-8-7-11-26(27)34-35-36)31(38)33-28(30(37)32-23-9-5-6-10-23)22-16-24(39-3)18-25(17-22)40-4/h7-8,11-18,23,28-29H,5-6,9-10H2,1-4H3,(H,32,37)(H,33,38)/t28-,29+/m0/s1. The van der Waals surface area contributed by atoms with Crippen LogP contribution in [0.1, 0.15) is 60.0 Å². The minimum absolute atomic E-state index is 0.0780. The number of ether oxygens (including phenoxy) is 2. The van der Waals surface area contributed by atoms with Gasteiger partial charge in [-0.3, -0.25) is 9.59 Å². The minimum atomic E-state index is -0.985. The van der Waals surface area contributed by atoms with Gasteiger partial charge in [-0.05, 0) is 73.2 Å². The van der Waals surface area contributed by atoms with E-state index in [0.717, 1.165) is 47.9 Å². The average Bonchev–Trinajstić information content (AvgIpc) is 3.63. The number of hydrogen-bond acceptors (Lipinski definition) is 6. The predicted molar refractivity (Wildman–Crippen MR) is 152 cm³/mol. The van der Waals surface area contributed by atoms with E-state index in [1.54, 1.807) is 37.1 Å². The Labute approximate surface area is 233 Å². The molecule has 1 aliphatic carbocycles. The number of nitrogens with one attached hydrogen (secondary N) is 2. The molecule has 1 heterocycles. The number of carbonyl (C=O) groups excluding carboxylic acids is 2. The third kappa shape index (κ3) is 5.64. The van der Waals surface area contributed by atoms with Gasteiger partial charge >= 0.3 is 0 Å². The molecular formula is C31H35N5O4. The van der Waals surface area contributed by atoms with Crippen molar-refractivity contribution in [1.29, 1.82) is 0 Å². The smallest absolute Gasteiger partial charge is 0.250 e. The number of aryl methyl sites for hydroxylation is 2. The lowest BCUT2D eigenvalue weighted by molar-refractivity contribution is -0.130. The predicted octanol–water partition coefficient (Wildman–Crippen LogP) is 4.57. The molecule has 0 radical (unpaired) electrons. The number of fused-ring (bicyclic) bond motifs is 1. The van der Waals surface area contributed by atoms with Gasteiger partial charge < -0.3 is 20.1 Å². The van der Waals surface area contributed by atoms with Crippen molar-refractivity contribution >= 4 is 22.8 Å². The summed E-state index contributed by atoms with van der Waals surface area (Å²) in [5.74, 6) is 0.385. The lowest BCUT2D eigenvalue weighted by Gasteiger charge is -2.25. The Morgan fingerprint density at radius 1 is 0.875 bits per heavy atom. The van der Waals surface area contributed by atoms with Gasteiger partial charge in [0.15, 0.2) is 6.04 Å². The summed E-state index contributed by atoms with van der Waals surface area (Å²) in [7, 11) is 3.10. The molecule has 9 nitrogen and oxygen atoms in total. The van der Waals surface area contributed by atoms with Crippen LogP contribution in [0.25, 0.3) is 11.0 Å². The molecule has 9 heteroatoms. The second kappa shape index (κ2) is 11.8. The van der Waals surface area contributed by atoms with Crippen molar-refractivity contribution in [2.24, 2.45) is 0 Å². The molecule has 0 bridgehead atoms. The fourth-order valence-electron chi connectivity index (χ4n) is 5.29. The fourth-order valence-corrected chi connectivity index (χ4v) is 5.29. The Morgan fingerprint density at radius 3 is 2.25 bits per heavy atom. The normalized spacial score (nSPS) is 15.0. The van der Waals surface area contributed by atoms with Crippen molar-refractivity contribution in [3.63, 3.8) is 0 Å². The molecule has 1 saturated carbocycles. The zero-order valence-electron chi connectivity index (χ0n) is 23.3. The molecule has 2 atom stereocenters. The van der Waals surface area contributed by atoms with E-state index in [-0.39, 0.29) is 17.9 Å². The van der Waals surface area contributed by atoms with E-state index in [9.17, 15) is 9.59 Å². The van der Waals surface area contributed by atoms with Crippen LogP contribution in [0.4, 0.5) is 0 Å². The molecule has 1 aliphatic rings. The highest BCUT2D eigenvalue weighted by Crippen LogP contribution is 2.30. The Kier molecular flexibility index (Phi) is 8.00. The van der Waals surface area contributed by atoms with E-state index in [1.165, 1.54) is 0 Å². The molecule has 5 rings (SSSR count). The highest BCUT2D eigenvalue weighted by molar-refractivity contribution is 5.92. The van der Waals surface area contributed by atoms with Gasteiger partial charge in [-0.2, -0.15) is 0 Å². The first-order valence-electron chi connectivity index (χ1n) is 13.6. The molecule has 4 aromatic rings. The van der Waals surface area contributed by atoms with Crippen molar-refractivity contribution in [3.8, 4) is 11.5 Å². The van der Waals surface area contributed by atoms with Gasteiger partial charge in [-0.25, -0.2) is 4.68 Å². The fraction of sp³-hybridized carbons (Fsp3) is 0.355. The summed E-state index contributed by atoms with van der Waals surface area (Å²) in [6, 6.07) is 16.9. The Hall–Kier alpha value is -4.40. The van der Waals surface area contributed by atoms with E-state index in [2.05, 4.69) is 20.9 Å². The summed E-state index contributed by atoms with van der Waals surface area (Å²) in [6.45, 7) is 4.03. The summed E-state index contributed by atoms with van der Waals surface area (Å²) >= 11 is 0. The maximum Gasteiger partial charge on any atom is 0.250 e. The third-order valence-corrected chi connectivity index (χ3v) is 7.67. The lowest BCUT2D eigenvalue weighted by Crippen LogP contribution is -2.45. The summed E-state index contributed by atoms with van der Waals surface area (Å²) in [5, 5.41) is 14.9. The van der Waals surface area contributed by atoms with Crippen LogP contribution in [0.5, 0.6) is 11.5 Å². The molecule has 208 valence electrons. The van der Waals surface area contributed by atoms with E-state index >= 15 is 0 Å². The zero-order chi connectivity index (χ0) is 28.2. The molecule has 2 amide bonds. The Balaban J connectivity index is 1.57. The second-order valence-corrected chi connectivity index (χ2v) is 10.3. The highest BCUT2D eigenvalue weighted by atomic mass is 16.5. The Bertz CT molecular complexity index is 1500. The van der Waals surface area contributed by atoms with Gasteiger partial charge in [0.25, 0.3) is 0 Å². The van der Waals surface area contributed by atoms with Crippen LogP contribution in [0, 0.1) is 13.8 Å². The number of carbonyl (C=O) groups is 2. The molecule has 0 unspecified atom stereocenters. The topological polar surface area (TPSA) is 107 Å². The van der Waals surface area contributed by atoms with Crippen molar-refractivity contribution in [3.05, 3.63) is 82.9 Å². The quantitative estimate of drug-likeness (QED) is 0.321. The number of amides is 2. The molecule has 3 aromatic carbocycles. The summed E-state index contributed by atoms with van der Waals surface area (Å²) in [6.07, 6.45) is 3.99. The van der Waals surface area contributed by atoms with Crippen molar-refractivity contribution in [2.75, 3.05) is 14.2 Å². The van der Waals surface area contributed by atoms with Gasteiger partial charge in [0, 0.05) is 12.1 Å². The van der Waals surface area contributed by atoms with E-state index < -0.39 is 12.1 Å². The number of methoxy groups -OCH3 is 2. The van der Waals surface area contributed by atoms with Gasteiger partial charge in [-0.1, -0.05) is 48.4 Å². The van der Waals surface area contributed by atoms with Crippen LogP contribution in [-0.2, 0) is 9.59 Å². The molecular weight excluding hydrogens is 506 g/mol. The van der Waals surface area contributed by atoms with E-state index in [4.69, 9.17) is 9.47 Å². The molecule has 0 spiro atoms. The number of para-hydroxylation sites is 1. The van der Waals surface area contributed by atoms with Crippen molar-refractivity contribution in [2.45, 2.75) is 57.7 Å². The Morgan fingerprint density at radius 2 is 1.57 bits per heavy atom. The monoisotopic (exact) mass is 541 g/mol. The number of rotatable bonds is 9. The van der Waals surface area contributed by atoms with Crippen LogP contribution in [0.3, 0.4) is 0 Å². The van der Waals surface area contributed by atoms with Crippen LogP contribution in [0.15, 0.2) is 60.7 Å². The minimum Gasteiger partial charge on any atom is -0.497 e. The molecule has 0 saturated heterocycles. The maximum atomic E-state index is 14.3. The lowest BCUT2D eigenvalue weighted by atomic mass is 9.99. The number of benzene rings is 3. The van der Waals surface area contributed by atoms with E-state index in [1.807, 2.05) is 56.3 Å². The summed E-state index contributed by atoms with van der Waals surface area (Å²) < 4.78 is 12.6. The first-order valence-corrected chi connectivity index (χ1v) is 13.6. The summed E-state index contributed by atoms with van der Waals surface area (Å²) in [4.78, 5) is 28.0. The molecule has 40 heavy (non-hydrogen) atoms.